The van der Waals surface area contributed by atoms with Crippen molar-refractivity contribution in [1.29, 1.82) is 0 Å². The predicted octanol–water partition coefficient (Wildman–Crippen LogP) is 2.10. The van der Waals surface area contributed by atoms with E-state index in [0.29, 0.717) is 27.6 Å². The Hall–Kier alpha value is -2.73. The van der Waals surface area contributed by atoms with Crippen LogP contribution in [-0.4, -0.2) is 18.6 Å². The number of rotatable bonds is 4. The SMILES string of the molecule is NC(=O)c1cccc(CNC(=O)c2cc(Cl)c3c(c2)OCO3)c1. The summed E-state index contributed by atoms with van der Waals surface area (Å²) >= 11 is 6.06. The van der Waals surface area contributed by atoms with Crippen molar-refractivity contribution < 1.29 is 19.1 Å². The van der Waals surface area contributed by atoms with E-state index in [1.807, 2.05) is 0 Å². The first-order valence-corrected chi connectivity index (χ1v) is 7.18. The molecular weight excluding hydrogens is 320 g/mol. The molecule has 1 heterocycles. The largest absolute Gasteiger partial charge is 0.454 e. The molecule has 0 spiro atoms. The zero-order chi connectivity index (χ0) is 16.4. The Labute approximate surface area is 137 Å². The van der Waals surface area contributed by atoms with E-state index in [-0.39, 0.29) is 19.2 Å². The molecule has 1 aliphatic rings. The average Bonchev–Trinajstić information content (AvgIpc) is 3.02. The smallest absolute Gasteiger partial charge is 0.251 e. The summed E-state index contributed by atoms with van der Waals surface area (Å²) in [5.41, 5.74) is 6.75. The molecule has 6 nitrogen and oxygen atoms in total. The molecule has 23 heavy (non-hydrogen) atoms. The van der Waals surface area contributed by atoms with Crippen molar-refractivity contribution in [1.82, 2.24) is 5.32 Å². The maximum Gasteiger partial charge on any atom is 0.251 e. The number of carbonyl (C=O) groups is 2. The van der Waals surface area contributed by atoms with Crippen LogP contribution in [0, 0.1) is 0 Å². The molecule has 2 amide bonds. The van der Waals surface area contributed by atoms with Gasteiger partial charge in [0.2, 0.25) is 12.7 Å². The first-order chi connectivity index (χ1) is 11.0. The molecule has 7 heteroatoms. The fourth-order valence-electron chi connectivity index (χ4n) is 2.22. The molecule has 0 atom stereocenters. The lowest BCUT2D eigenvalue weighted by atomic mass is 10.1. The highest BCUT2D eigenvalue weighted by Crippen LogP contribution is 2.39. The summed E-state index contributed by atoms with van der Waals surface area (Å²) in [6.45, 7) is 0.339. The number of hydrogen-bond donors (Lipinski definition) is 2. The Bertz CT molecular complexity index is 792. The minimum absolute atomic E-state index is 0.0834. The Morgan fingerprint density at radius 1 is 1.17 bits per heavy atom. The van der Waals surface area contributed by atoms with Crippen molar-refractivity contribution in [3.63, 3.8) is 0 Å². The quantitative estimate of drug-likeness (QED) is 0.897. The molecule has 118 valence electrons. The number of primary amides is 1. The van der Waals surface area contributed by atoms with Crippen LogP contribution in [-0.2, 0) is 6.54 Å². The fourth-order valence-corrected chi connectivity index (χ4v) is 2.48. The summed E-state index contributed by atoms with van der Waals surface area (Å²) in [7, 11) is 0. The summed E-state index contributed by atoms with van der Waals surface area (Å²) < 4.78 is 10.4. The van der Waals surface area contributed by atoms with Crippen LogP contribution in [0.5, 0.6) is 11.5 Å². The number of hydrogen-bond acceptors (Lipinski definition) is 4. The van der Waals surface area contributed by atoms with E-state index >= 15 is 0 Å². The standard InChI is InChI=1S/C16H13ClN2O4/c17-12-5-11(6-13-14(12)23-8-22-13)16(21)19-7-9-2-1-3-10(4-9)15(18)20/h1-6H,7-8H2,(H2,18,20)(H,19,21). The Morgan fingerprint density at radius 3 is 2.78 bits per heavy atom. The molecule has 2 aromatic rings. The van der Waals surface area contributed by atoms with Crippen molar-refractivity contribution in [2.45, 2.75) is 6.54 Å². The first kappa shape index (κ1) is 15.2. The maximum atomic E-state index is 12.2. The van der Waals surface area contributed by atoms with Gasteiger partial charge in [0.1, 0.15) is 0 Å². The Balaban J connectivity index is 1.72. The zero-order valence-corrected chi connectivity index (χ0v) is 12.7. The van der Waals surface area contributed by atoms with E-state index in [9.17, 15) is 9.59 Å². The second-order valence-electron chi connectivity index (χ2n) is 4.94. The number of amides is 2. The molecule has 0 aliphatic carbocycles. The van der Waals surface area contributed by atoms with Gasteiger partial charge in [0.15, 0.2) is 11.5 Å². The van der Waals surface area contributed by atoms with E-state index < -0.39 is 5.91 Å². The van der Waals surface area contributed by atoms with Crippen LogP contribution in [0.25, 0.3) is 0 Å². The molecular formula is C16H13ClN2O4. The molecule has 2 aromatic carbocycles. The van der Waals surface area contributed by atoms with Crippen LogP contribution >= 0.6 is 11.6 Å². The Morgan fingerprint density at radius 2 is 2.00 bits per heavy atom. The number of ether oxygens (including phenoxy) is 2. The van der Waals surface area contributed by atoms with Crippen molar-refractivity contribution in [3.05, 3.63) is 58.1 Å². The third-order valence-electron chi connectivity index (χ3n) is 3.35. The first-order valence-electron chi connectivity index (χ1n) is 6.80. The van der Waals surface area contributed by atoms with E-state index in [1.165, 1.54) is 6.07 Å². The minimum atomic E-state index is -0.513. The highest BCUT2D eigenvalue weighted by Gasteiger charge is 2.20. The molecule has 0 radical (unpaired) electrons. The summed E-state index contributed by atoms with van der Waals surface area (Å²) in [6.07, 6.45) is 0. The molecule has 0 unspecified atom stereocenters. The predicted molar refractivity (Wildman–Crippen MR) is 83.7 cm³/mol. The van der Waals surface area contributed by atoms with E-state index in [2.05, 4.69) is 5.32 Å². The van der Waals surface area contributed by atoms with Crippen molar-refractivity contribution in [2.75, 3.05) is 6.79 Å². The molecule has 0 saturated heterocycles. The van der Waals surface area contributed by atoms with Crippen LogP contribution < -0.4 is 20.5 Å². The van der Waals surface area contributed by atoms with E-state index in [4.69, 9.17) is 26.8 Å². The molecule has 1 aliphatic heterocycles. The van der Waals surface area contributed by atoms with Gasteiger partial charge in [-0.25, -0.2) is 0 Å². The number of fused-ring (bicyclic) bond motifs is 1. The molecule has 0 aromatic heterocycles. The summed E-state index contributed by atoms with van der Waals surface area (Å²) in [4.78, 5) is 23.4. The summed E-state index contributed by atoms with van der Waals surface area (Å²) in [5, 5.41) is 3.07. The van der Waals surface area contributed by atoms with Crippen LogP contribution in [0.15, 0.2) is 36.4 Å². The molecule has 0 saturated carbocycles. The maximum absolute atomic E-state index is 12.2. The van der Waals surface area contributed by atoms with Crippen LogP contribution in [0.3, 0.4) is 0 Å². The number of nitrogens with one attached hydrogen (secondary N) is 1. The zero-order valence-electron chi connectivity index (χ0n) is 12.0. The van der Waals surface area contributed by atoms with Gasteiger partial charge < -0.3 is 20.5 Å². The molecule has 0 bridgehead atoms. The summed E-state index contributed by atoms with van der Waals surface area (Å²) in [6, 6.07) is 9.84. The number of benzene rings is 2. The van der Waals surface area contributed by atoms with Gasteiger partial charge in [-0.3, -0.25) is 9.59 Å². The van der Waals surface area contributed by atoms with Gasteiger partial charge in [0.05, 0.1) is 5.02 Å². The highest BCUT2D eigenvalue weighted by atomic mass is 35.5. The van der Waals surface area contributed by atoms with Gasteiger partial charge in [-0.2, -0.15) is 0 Å². The highest BCUT2D eigenvalue weighted by molar-refractivity contribution is 6.32. The number of carbonyl (C=O) groups excluding carboxylic acids is 2. The molecule has 0 fully saturated rings. The molecule has 3 N–H and O–H groups in total. The average molecular weight is 333 g/mol. The van der Waals surface area contributed by atoms with Gasteiger partial charge in [-0.05, 0) is 29.8 Å². The van der Waals surface area contributed by atoms with Crippen molar-refractivity contribution >= 4 is 23.4 Å². The third-order valence-corrected chi connectivity index (χ3v) is 3.63. The topological polar surface area (TPSA) is 90.7 Å². The lowest BCUT2D eigenvalue weighted by Gasteiger charge is -2.08. The van der Waals surface area contributed by atoms with Crippen LogP contribution in [0.2, 0.25) is 5.02 Å². The van der Waals surface area contributed by atoms with E-state index in [1.54, 1.807) is 30.3 Å². The van der Waals surface area contributed by atoms with Crippen LogP contribution in [0.4, 0.5) is 0 Å². The van der Waals surface area contributed by atoms with E-state index in [0.717, 1.165) is 5.56 Å². The monoisotopic (exact) mass is 332 g/mol. The van der Waals surface area contributed by atoms with Gasteiger partial charge in [-0.15, -0.1) is 0 Å². The lowest BCUT2D eigenvalue weighted by molar-refractivity contribution is 0.0949. The van der Waals surface area contributed by atoms with Crippen LogP contribution in [0.1, 0.15) is 26.3 Å². The Kier molecular flexibility index (Phi) is 4.08. The second-order valence-corrected chi connectivity index (χ2v) is 5.35. The minimum Gasteiger partial charge on any atom is -0.454 e. The normalized spacial score (nSPS) is 12.0. The second kappa shape index (κ2) is 6.18. The number of nitrogens with two attached hydrogens (primary N) is 1. The van der Waals surface area contributed by atoms with Gasteiger partial charge in [0, 0.05) is 17.7 Å². The number of halogens is 1. The van der Waals surface area contributed by atoms with Crippen molar-refractivity contribution in [2.24, 2.45) is 5.73 Å². The van der Waals surface area contributed by atoms with Gasteiger partial charge >= 0.3 is 0 Å². The lowest BCUT2D eigenvalue weighted by Crippen LogP contribution is -2.23. The van der Waals surface area contributed by atoms with Gasteiger partial charge in [0.25, 0.3) is 5.91 Å². The summed E-state index contributed by atoms with van der Waals surface area (Å²) in [5.74, 6) is 0.0613. The van der Waals surface area contributed by atoms with Crippen molar-refractivity contribution in [3.8, 4) is 11.5 Å². The molecule has 3 rings (SSSR count). The fraction of sp³-hybridized carbons (Fsp3) is 0.125. The third kappa shape index (κ3) is 3.22. The van der Waals surface area contributed by atoms with Gasteiger partial charge in [-0.1, -0.05) is 23.7 Å².